The summed E-state index contributed by atoms with van der Waals surface area (Å²) in [6, 6.07) is 0. The van der Waals surface area contributed by atoms with E-state index in [-0.39, 0.29) is 21.7 Å². The zero-order chi connectivity index (χ0) is 17.0. The monoisotopic (exact) mass is 388 g/mol. The average Bonchev–Trinajstić information content (AvgIpc) is 2.75. The Bertz CT molecular complexity index is 132. The maximum atomic E-state index is 4.94. The van der Waals surface area contributed by atoms with Gasteiger partial charge in [-0.25, -0.2) is 26.4 Å². The Morgan fingerprint density at radius 2 is 0.600 bits per heavy atom. The molecule has 0 aromatic rings. The normalized spacial score (nSPS) is 23.0. The fourth-order valence-corrected chi connectivity index (χ4v) is 2.32. The van der Waals surface area contributed by atoms with Gasteiger partial charge in [0.25, 0.3) is 0 Å². The minimum Gasteiger partial charge on any atom is -0.552 e. The molecule has 0 aliphatic carbocycles. The van der Waals surface area contributed by atoms with Gasteiger partial charge in [0.05, 0.1) is 0 Å². The van der Waals surface area contributed by atoms with Gasteiger partial charge in [-0.1, -0.05) is 25.7 Å². The van der Waals surface area contributed by atoms with Crippen LogP contribution in [-0.2, 0) is 40.7 Å². The van der Waals surface area contributed by atoms with E-state index in [4.69, 9.17) is 18.9 Å². The summed E-state index contributed by atoms with van der Waals surface area (Å²) in [6.07, 6.45) is 14.9. The van der Waals surface area contributed by atoms with E-state index in [0.717, 1.165) is 52.1 Å². The molecule has 0 aromatic heterocycles. The van der Waals surface area contributed by atoms with Crippen molar-refractivity contribution < 1.29 is 40.7 Å². The van der Waals surface area contributed by atoms with Gasteiger partial charge in [-0.3, -0.25) is 0 Å². The van der Waals surface area contributed by atoms with Gasteiger partial charge in [0.15, 0.2) is 0 Å². The van der Waals surface area contributed by atoms with Crippen molar-refractivity contribution in [1.82, 2.24) is 0 Å². The Labute approximate surface area is 170 Å². The molecular formula is C20H36O4Ti. The van der Waals surface area contributed by atoms with Crippen molar-refractivity contribution in [1.29, 1.82) is 0 Å². The summed E-state index contributed by atoms with van der Waals surface area (Å²) in [5.41, 5.74) is 0. The molecule has 0 amide bonds. The Kier molecular flexibility index (Phi) is 23.1. The molecule has 0 unspecified atom stereocenters. The molecule has 0 aromatic carbocycles. The topological polar surface area (TPSA) is 36.9 Å². The van der Waals surface area contributed by atoms with Crippen molar-refractivity contribution in [2.75, 3.05) is 26.4 Å². The zero-order valence-corrected chi connectivity index (χ0v) is 17.3. The van der Waals surface area contributed by atoms with E-state index in [9.17, 15) is 0 Å². The van der Waals surface area contributed by atoms with Crippen molar-refractivity contribution in [2.24, 2.45) is 0 Å². The molecule has 25 heavy (non-hydrogen) atoms. The second-order valence-electron chi connectivity index (χ2n) is 6.13. The summed E-state index contributed by atoms with van der Waals surface area (Å²) in [5.74, 6) is 0. The molecule has 4 aliphatic rings. The number of rotatable bonds is 0. The van der Waals surface area contributed by atoms with E-state index < -0.39 is 0 Å². The molecule has 0 bridgehead atoms. The number of ether oxygens (including phenoxy) is 4. The average molecular weight is 388 g/mol. The van der Waals surface area contributed by atoms with Crippen LogP contribution in [0.5, 0.6) is 0 Å². The quantitative estimate of drug-likeness (QED) is 0.412. The molecule has 4 rings (SSSR count). The van der Waals surface area contributed by atoms with Gasteiger partial charge >= 0.3 is 21.7 Å². The molecular weight excluding hydrogens is 352 g/mol. The smallest absolute Gasteiger partial charge is 0.552 e. The molecule has 4 nitrogen and oxygen atoms in total. The van der Waals surface area contributed by atoms with Gasteiger partial charge < -0.3 is 18.9 Å². The molecule has 4 aliphatic heterocycles. The summed E-state index contributed by atoms with van der Waals surface area (Å²) < 4.78 is 19.8. The van der Waals surface area contributed by atoms with Crippen LogP contribution in [0.1, 0.15) is 77.0 Å². The van der Waals surface area contributed by atoms with Crippen LogP contribution in [0.4, 0.5) is 0 Å². The SMILES string of the molecule is [CH-]1CCCCO1.[CH-]1CCCCO1.[CH-]1CCCCO1.[CH-]1CCCCO1.[Ti+4]. The van der Waals surface area contributed by atoms with Crippen molar-refractivity contribution in [3.8, 4) is 0 Å². The Hall–Kier alpha value is 0.554. The Morgan fingerprint density at radius 3 is 0.640 bits per heavy atom. The number of hydrogen-bond acceptors (Lipinski definition) is 4. The summed E-state index contributed by atoms with van der Waals surface area (Å²) in [6.45, 7) is 11.3. The van der Waals surface area contributed by atoms with Crippen LogP contribution >= 0.6 is 0 Å². The van der Waals surface area contributed by atoms with Crippen LogP contribution in [0, 0.1) is 26.4 Å². The standard InChI is InChI=1S/4C5H9O.Ti/c4*1-2-4-6-5-3-1;/h4*4H,1-3,5H2;/q4*-1;+4. The van der Waals surface area contributed by atoms with E-state index in [1.54, 1.807) is 0 Å². The van der Waals surface area contributed by atoms with Crippen LogP contribution in [0.25, 0.3) is 0 Å². The van der Waals surface area contributed by atoms with E-state index >= 15 is 0 Å². The fraction of sp³-hybridized carbons (Fsp3) is 0.800. The Balaban J connectivity index is 0.000000303. The molecule has 0 atom stereocenters. The molecule has 4 saturated heterocycles. The van der Waals surface area contributed by atoms with E-state index in [1.807, 2.05) is 26.4 Å². The first kappa shape index (κ1) is 25.6. The minimum atomic E-state index is 0. The van der Waals surface area contributed by atoms with E-state index in [2.05, 4.69) is 0 Å². The first-order valence-electron chi connectivity index (χ1n) is 9.73. The van der Waals surface area contributed by atoms with Crippen molar-refractivity contribution in [3.63, 3.8) is 0 Å². The van der Waals surface area contributed by atoms with Gasteiger partial charge in [-0.15, -0.1) is 0 Å². The van der Waals surface area contributed by atoms with Crippen LogP contribution in [0.15, 0.2) is 0 Å². The molecule has 5 heteroatoms. The molecule has 0 radical (unpaired) electrons. The van der Waals surface area contributed by atoms with Gasteiger partial charge in [0.1, 0.15) is 0 Å². The maximum absolute atomic E-state index is 4.94. The molecule has 0 spiro atoms. The summed E-state index contributed by atoms with van der Waals surface area (Å²) in [7, 11) is 0. The third kappa shape index (κ3) is 20.7. The van der Waals surface area contributed by atoms with E-state index in [0.29, 0.717) is 0 Å². The summed E-state index contributed by atoms with van der Waals surface area (Å²) in [5, 5.41) is 0. The van der Waals surface area contributed by atoms with Crippen molar-refractivity contribution >= 4 is 0 Å². The first-order valence-corrected chi connectivity index (χ1v) is 9.73. The van der Waals surface area contributed by atoms with Gasteiger partial charge in [-0.2, -0.15) is 25.7 Å². The fourth-order valence-electron chi connectivity index (χ4n) is 2.32. The van der Waals surface area contributed by atoms with E-state index in [1.165, 1.54) is 51.4 Å². The predicted octanol–water partition coefficient (Wildman–Crippen LogP) is 5.39. The van der Waals surface area contributed by atoms with Gasteiger partial charge in [0, 0.05) is 26.4 Å². The Morgan fingerprint density at radius 1 is 0.360 bits per heavy atom. The second kappa shape index (κ2) is 22.6. The van der Waals surface area contributed by atoms with Gasteiger partial charge in [0.2, 0.25) is 0 Å². The maximum Gasteiger partial charge on any atom is 4.00 e. The molecule has 144 valence electrons. The molecule has 4 fully saturated rings. The third-order valence-electron chi connectivity index (χ3n) is 3.81. The zero-order valence-electron chi connectivity index (χ0n) is 15.8. The molecule has 4 heterocycles. The minimum absolute atomic E-state index is 0. The van der Waals surface area contributed by atoms with Crippen LogP contribution in [0.3, 0.4) is 0 Å². The van der Waals surface area contributed by atoms with Crippen molar-refractivity contribution in [3.05, 3.63) is 26.4 Å². The molecule has 0 saturated carbocycles. The first-order chi connectivity index (χ1) is 12.0. The third-order valence-corrected chi connectivity index (χ3v) is 3.81. The van der Waals surface area contributed by atoms with Crippen LogP contribution < -0.4 is 0 Å². The predicted molar refractivity (Wildman–Crippen MR) is 96.4 cm³/mol. The van der Waals surface area contributed by atoms with Gasteiger partial charge in [-0.05, 0) is 25.7 Å². The summed E-state index contributed by atoms with van der Waals surface area (Å²) >= 11 is 0. The van der Waals surface area contributed by atoms with Crippen LogP contribution in [-0.4, -0.2) is 26.4 Å². The summed E-state index contributed by atoms with van der Waals surface area (Å²) in [4.78, 5) is 0. The second-order valence-corrected chi connectivity index (χ2v) is 6.13. The number of hydrogen-bond donors (Lipinski definition) is 0. The van der Waals surface area contributed by atoms with Crippen molar-refractivity contribution in [2.45, 2.75) is 77.0 Å². The van der Waals surface area contributed by atoms with Crippen LogP contribution in [0.2, 0.25) is 0 Å². The molecule has 0 N–H and O–H groups in total. The largest absolute Gasteiger partial charge is 4.00 e.